The molecule has 0 aliphatic carbocycles. The molecule has 2 amide bonds. The lowest BCUT2D eigenvalue weighted by atomic mass is 10.2. The first-order valence-corrected chi connectivity index (χ1v) is 11.6. The van der Waals surface area contributed by atoms with Gasteiger partial charge >= 0.3 is 0 Å². The highest BCUT2D eigenvalue weighted by molar-refractivity contribution is 8.15. The number of para-hydroxylation sites is 1. The van der Waals surface area contributed by atoms with Crippen LogP contribution in [-0.4, -0.2) is 34.5 Å². The fourth-order valence-corrected chi connectivity index (χ4v) is 4.35. The predicted octanol–water partition coefficient (Wildman–Crippen LogP) is 4.89. The molecule has 0 spiro atoms. The summed E-state index contributed by atoms with van der Waals surface area (Å²) < 4.78 is 10.2. The van der Waals surface area contributed by atoms with Crippen molar-refractivity contribution < 1.29 is 18.8 Å². The normalized spacial score (nSPS) is 15.4. The van der Waals surface area contributed by atoms with Gasteiger partial charge in [-0.2, -0.15) is 0 Å². The van der Waals surface area contributed by atoms with Gasteiger partial charge < -0.3 is 14.6 Å². The molecule has 2 aromatic carbocycles. The van der Waals surface area contributed by atoms with Crippen LogP contribution in [0.3, 0.4) is 0 Å². The number of amidine groups is 1. The zero-order valence-electron chi connectivity index (χ0n) is 19.0. The molecule has 0 unspecified atom stereocenters. The first-order valence-electron chi connectivity index (χ1n) is 10.7. The molecule has 0 saturated heterocycles. The van der Waals surface area contributed by atoms with Crippen LogP contribution >= 0.6 is 11.8 Å². The number of hydrogen-bond acceptors (Lipinski definition) is 7. The Hall–Kier alpha value is -3.85. The number of carbonyl (C=O) groups excluding carboxylic acids is 2. The smallest absolute Gasteiger partial charge is 0.283 e. The number of amides is 2. The van der Waals surface area contributed by atoms with Gasteiger partial charge in [-0.15, -0.1) is 0 Å². The van der Waals surface area contributed by atoms with Crippen LogP contribution in [0.25, 0.3) is 6.08 Å². The Bertz CT molecular complexity index is 1240. The van der Waals surface area contributed by atoms with Crippen molar-refractivity contribution in [2.75, 3.05) is 17.3 Å². The Balaban J connectivity index is 1.62. The summed E-state index contributed by atoms with van der Waals surface area (Å²) in [5, 5.41) is 6.54. The molecule has 1 N–H and O–H groups in total. The summed E-state index contributed by atoms with van der Waals surface area (Å²) in [5.74, 6) is 1.18. The fraction of sp³-hybridized carbons (Fsp3) is 0.200. The van der Waals surface area contributed by atoms with E-state index in [4.69, 9.17) is 9.26 Å². The van der Waals surface area contributed by atoms with Gasteiger partial charge in [0.15, 0.2) is 11.0 Å². The summed E-state index contributed by atoms with van der Waals surface area (Å²) in [6, 6.07) is 18.3. The second kappa shape index (κ2) is 10.4. The Morgan fingerprint density at radius 2 is 1.94 bits per heavy atom. The number of methoxy groups -OCH3 is 1. The SMILES string of the molecule is CC[C@H](SC1=N/C(=C\c2ccc(OC)cc2)C(=O)N1c1ccccc1)C(=O)Nc1cc(C)on1. The molecule has 2 heterocycles. The number of anilines is 2. The number of nitrogens with zero attached hydrogens (tertiary/aromatic N) is 3. The number of aromatic nitrogens is 1. The number of ether oxygens (including phenoxy) is 1. The van der Waals surface area contributed by atoms with E-state index >= 15 is 0 Å². The van der Waals surface area contributed by atoms with Crippen LogP contribution in [0.4, 0.5) is 11.5 Å². The number of aliphatic imine (C=N–C) groups is 1. The van der Waals surface area contributed by atoms with E-state index in [0.29, 0.717) is 34.6 Å². The molecule has 0 saturated carbocycles. The standard InChI is InChI=1S/C25H24N4O4S/c1-4-21(23(30)27-22-14-16(2)33-28-22)34-25-26-20(15-17-10-12-19(32-3)13-11-17)24(31)29(25)18-8-6-5-7-9-18/h5-15,21H,4H2,1-3H3,(H,27,28,30)/b20-15-/t21-/m0/s1. The second-order valence-electron chi connectivity index (χ2n) is 7.50. The highest BCUT2D eigenvalue weighted by Gasteiger charge is 2.35. The van der Waals surface area contributed by atoms with Gasteiger partial charge in [0.1, 0.15) is 17.2 Å². The van der Waals surface area contributed by atoms with Crippen LogP contribution in [-0.2, 0) is 9.59 Å². The molecule has 1 atom stereocenters. The Kier molecular flexibility index (Phi) is 7.12. The third-order valence-electron chi connectivity index (χ3n) is 5.05. The molecule has 0 radical (unpaired) electrons. The monoisotopic (exact) mass is 476 g/mol. The molecule has 0 fully saturated rings. The highest BCUT2D eigenvalue weighted by atomic mass is 32.2. The lowest BCUT2D eigenvalue weighted by molar-refractivity contribution is -0.116. The summed E-state index contributed by atoms with van der Waals surface area (Å²) in [7, 11) is 1.60. The molecule has 34 heavy (non-hydrogen) atoms. The summed E-state index contributed by atoms with van der Waals surface area (Å²) in [5.41, 5.74) is 1.79. The number of nitrogens with one attached hydrogen (secondary N) is 1. The zero-order chi connectivity index (χ0) is 24.1. The fourth-order valence-electron chi connectivity index (χ4n) is 3.32. The number of carbonyl (C=O) groups is 2. The summed E-state index contributed by atoms with van der Waals surface area (Å²) in [4.78, 5) is 32.4. The van der Waals surface area contributed by atoms with E-state index in [1.54, 1.807) is 26.2 Å². The highest BCUT2D eigenvalue weighted by Crippen LogP contribution is 2.32. The van der Waals surface area contributed by atoms with Crippen LogP contribution in [0, 0.1) is 6.92 Å². The Morgan fingerprint density at radius 3 is 2.56 bits per heavy atom. The molecule has 3 aromatic rings. The summed E-state index contributed by atoms with van der Waals surface area (Å²) in [6.45, 7) is 3.66. The van der Waals surface area contributed by atoms with Gasteiger partial charge in [0.2, 0.25) is 5.91 Å². The number of benzene rings is 2. The quantitative estimate of drug-likeness (QED) is 0.488. The molecule has 174 valence electrons. The van der Waals surface area contributed by atoms with Gasteiger partial charge in [-0.1, -0.05) is 54.2 Å². The largest absolute Gasteiger partial charge is 0.497 e. The van der Waals surface area contributed by atoms with E-state index in [2.05, 4.69) is 15.5 Å². The number of aryl methyl sites for hydroxylation is 1. The van der Waals surface area contributed by atoms with E-state index in [1.165, 1.54) is 16.7 Å². The first kappa shape index (κ1) is 23.3. The van der Waals surface area contributed by atoms with Crippen LogP contribution in [0.5, 0.6) is 5.75 Å². The van der Waals surface area contributed by atoms with Crippen molar-refractivity contribution in [3.05, 3.63) is 77.7 Å². The van der Waals surface area contributed by atoms with Crippen molar-refractivity contribution in [1.29, 1.82) is 0 Å². The molecule has 1 aliphatic rings. The topological polar surface area (TPSA) is 97.0 Å². The minimum atomic E-state index is -0.491. The van der Waals surface area contributed by atoms with Crippen LogP contribution < -0.4 is 15.0 Å². The van der Waals surface area contributed by atoms with Crippen molar-refractivity contribution in [2.24, 2.45) is 4.99 Å². The van der Waals surface area contributed by atoms with E-state index in [0.717, 1.165) is 11.3 Å². The van der Waals surface area contributed by atoms with Gasteiger partial charge in [0.05, 0.1) is 18.0 Å². The minimum Gasteiger partial charge on any atom is -0.497 e. The molecular weight excluding hydrogens is 452 g/mol. The van der Waals surface area contributed by atoms with E-state index in [9.17, 15) is 9.59 Å². The average Bonchev–Trinajstić information content (AvgIpc) is 3.40. The van der Waals surface area contributed by atoms with E-state index in [1.807, 2.05) is 61.5 Å². The first-order chi connectivity index (χ1) is 16.5. The van der Waals surface area contributed by atoms with Crippen molar-refractivity contribution in [1.82, 2.24) is 5.16 Å². The van der Waals surface area contributed by atoms with Crippen LogP contribution in [0.15, 0.2) is 75.9 Å². The van der Waals surface area contributed by atoms with Crippen molar-refractivity contribution >= 4 is 46.3 Å². The van der Waals surface area contributed by atoms with Gasteiger partial charge in [-0.25, -0.2) is 4.99 Å². The lowest BCUT2D eigenvalue weighted by Crippen LogP contribution is -2.34. The molecule has 8 nitrogen and oxygen atoms in total. The minimum absolute atomic E-state index is 0.239. The summed E-state index contributed by atoms with van der Waals surface area (Å²) in [6.07, 6.45) is 2.26. The van der Waals surface area contributed by atoms with Crippen molar-refractivity contribution in [3.63, 3.8) is 0 Å². The predicted molar refractivity (Wildman–Crippen MR) is 134 cm³/mol. The summed E-state index contributed by atoms with van der Waals surface area (Å²) >= 11 is 1.24. The molecule has 4 rings (SSSR count). The van der Waals surface area contributed by atoms with Crippen LogP contribution in [0.2, 0.25) is 0 Å². The molecular formula is C25H24N4O4S. The second-order valence-corrected chi connectivity index (χ2v) is 8.67. The molecule has 1 aliphatic heterocycles. The maximum atomic E-state index is 13.4. The molecule has 9 heteroatoms. The molecule has 0 bridgehead atoms. The Labute approximate surface area is 201 Å². The van der Waals surface area contributed by atoms with Gasteiger partial charge in [-0.05, 0) is 49.2 Å². The van der Waals surface area contributed by atoms with Crippen molar-refractivity contribution in [3.8, 4) is 5.75 Å². The van der Waals surface area contributed by atoms with Gasteiger partial charge in [-0.3, -0.25) is 14.5 Å². The maximum absolute atomic E-state index is 13.4. The lowest BCUT2D eigenvalue weighted by Gasteiger charge is -2.20. The van der Waals surface area contributed by atoms with E-state index < -0.39 is 5.25 Å². The number of rotatable bonds is 7. The van der Waals surface area contributed by atoms with Crippen LogP contribution in [0.1, 0.15) is 24.7 Å². The zero-order valence-corrected chi connectivity index (χ0v) is 19.8. The third kappa shape index (κ3) is 5.20. The third-order valence-corrected chi connectivity index (χ3v) is 6.37. The molecule has 1 aromatic heterocycles. The maximum Gasteiger partial charge on any atom is 0.283 e. The number of thioether (sulfide) groups is 1. The van der Waals surface area contributed by atoms with Gasteiger partial charge in [0.25, 0.3) is 5.91 Å². The average molecular weight is 477 g/mol. The van der Waals surface area contributed by atoms with E-state index in [-0.39, 0.29) is 11.8 Å². The Morgan fingerprint density at radius 1 is 1.21 bits per heavy atom. The van der Waals surface area contributed by atoms with Gasteiger partial charge in [0, 0.05) is 6.07 Å². The number of hydrogen-bond donors (Lipinski definition) is 1. The van der Waals surface area contributed by atoms with Crippen molar-refractivity contribution in [2.45, 2.75) is 25.5 Å².